The number of fused-ring (bicyclic) bond motifs is 5. The Morgan fingerprint density at radius 1 is 0.836 bits per heavy atom. The fraction of sp³-hybridized carbons (Fsp3) is 0.491. The normalized spacial score (nSPS) is 29.6. The van der Waals surface area contributed by atoms with Crippen LogP contribution in [0.4, 0.5) is 0 Å². The van der Waals surface area contributed by atoms with E-state index in [2.05, 4.69) is 10.6 Å². The first-order valence-electron chi connectivity index (χ1n) is 24.4. The van der Waals surface area contributed by atoms with E-state index in [-0.39, 0.29) is 24.2 Å². The van der Waals surface area contributed by atoms with Gasteiger partial charge in [-0.2, -0.15) is 0 Å². The summed E-state index contributed by atoms with van der Waals surface area (Å²) >= 11 is 0. The Hall–Kier alpha value is -6.60. The van der Waals surface area contributed by atoms with E-state index in [1.165, 1.54) is 52.0 Å². The van der Waals surface area contributed by atoms with Crippen LogP contribution in [0.5, 0.6) is 0 Å². The molecule has 18 nitrogen and oxygen atoms in total. The van der Waals surface area contributed by atoms with Crippen LogP contribution in [0.1, 0.15) is 113 Å². The first kappa shape index (κ1) is 54.2. The third-order valence-corrected chi connectivity index (χ3v) is 15.6. The zero-order valence-electron chi connectivity index (χ0n) is 42.1. The van der Waals surface area contributed by atoms with Gasteiger partial charge in [-0.05, 0) is 68.7 Å². The molecule has 1 heterocycles. The highest BCUT2D eigenvalue weighted by Crippen LogP contribution is 2.65. The van der Waals surface area contributed by atoms with Crippen molar-refractivity contribution in [2.75, 3.05) is 6.61 Å². The van der Waals surface area contributed by atoms with E-state index >= 15 is 9.59 Å². The van der Waals surface area contributed by atoms with Gasteiger partial charge >= 0.3 is 23.9 Å². The molecule has 1 saturated heterocycles. The highest BCUT2D eigenvalue weighted by Gasteiger charge is 2.77. The summed E-state index contributed by atoms with van der Waals surface area (Å²) in [6.45, 7) is 11.5. The molecule has 1 aliphatic heterocycles. The van der Waals surface area contributed by atoms with Gasteiger partial charge < -0.3 is 49.6 Å². The van der Waals surface area contributed by atoms with Gasteiger partial charge in [-0.3, -0.25) is 28.8 Å². The summed E-state index contributed by atoms with van der Waals surface area (Å²) in [5.41, 5.74) is -6.23. The molecule has 7 rings (SSSR count). The molecule has 3 aromatic rings. The molecule has 4 aliphatic rings. The molecule has 3 fully saturated rings. The summed E-state index contributed by atoms with van der Waals surface area (Å²) in [5, 5.41) is 41.3. The number of esters is 4. The number of hydrogen-bond donors (Lipinski definition) is 5. The molecule has 0 spiro atoms. The predicted molar refractivity (Wildman–Crippen MR) is 259 cm³/mol. The maximum Gasteiger partial charge on any atom is 0.350 e. The number of nitrogens with one attached hydrogen (secondary N) is 2. The number of ether oxygens (including phenoxy) is 5. The van der Waals surface area contributed by atoms with Gasteiger partial charge in [0, 0.05) is 43.1 Å². The number of benzene rings is 3. The molecule has 2 amide bonds. The second-order valence-electron chi connectivity index (χ2n) is 20.4. The molecule has 390 valence electrons. The van der Waals surface area contributed by atoms with E-state index in [1.807, 2.05) is 0 Å². The minimum atomic E-state index is -2.33. The number of carbonyl (C=O) groups excluding carboxylic acids is 8. The van der Waals surface area contributed by atoms with Crippen molar-refractivity contribution < 1.29 is 77.4 Å². The molecule has 13 atom stereocenters. The molecule has 1 unspecified atom stereocenters. The summed E-state index contributed by atoms with van der Waals surface area (Å²) in [4.78, 5) is 111. The standard InChI is InChI=1S/C55H64N2O16/c1-29-37(70-51(67)45(71-41(63)25-24-40(62)56-43(31(3)58)32(4)59)44(34-18-12-9-13-19-34)57-49(65)35-20-14-10-15-21-35)27-55(68)48(72-50(66)36-22-16-11-17-23-36)46-53(8,47(64)30(2)42(29)52(55,6)7)38(61)26-39-54(46,28-69-39)73-33(5)60/h9-23,30-31,37-39,43-46,48,58,61,68H,24-28H2,1-8H3,(H,56,62)(H,57,65)/t30-,31?,37+,38+,39-,43-,44+,45-,46+,48+,53-,54+,55-/m1/s1. The Morgan fingerprint density at radius 3 is 1.97 bits per heavy atom. The first-order valence-corrected chi connectivity index (χ1v) is 24.4. The Bertz CT molecular complexity index is 2660. The zero-order valence-corrected chi connectivity index (χ0v) is 42.1. The van der Waals surface area contributed by atoms with Crippen molar-refractivity contribution in [1.29, 1.82) is 0 Å². The van der Waals surface area contributed by atoms with Gasteiger partial charge in [0.05, 0.1) is 42.1 Å². The predicted octanol–water partition coefficient (Wildman–Crippen LogP) is 4.23. The van der Waals surface area contributed by atoms with Crippen molar-refractivity contribution in [3.8, 4) is 0 Å². The first-order chi connectivity index (χ1) is 34.4. The number of rotatable bonds is 16. The van der Waals surface area contributed by atoms with Crippen molar-refractivity contribution in [2.45, 2.75) is 141 Å². The monoisotopic (exact) mass is 1010 g/mol. The summed E-state index contributed by atoms with van der Waals surface area (Å²) in [7, 11) is 0. The van der Waals surface area contributed by atoms with Crippen LogP contribution in [0.3, 0.4) is 0 Å². The lowest BCUT2D eigenvalue weighted by Crippen LogP contribution is -2.81. The molecule has 5 N–H and O–H groups in total. The van der Waals surface area contributed by atoms with Gasteiger partial charge in [-0.25, -0.2) is 9.59 Å². The lowest BCUT2D eigenvalue weighted by Gasteiger charge is -2.67. The Balaban J connectivity index is 1.34. The van der Waals surface area contributed by atoms with E-state index in [4.69, 9.17) is 23.7 Å². The molecule has 3 aromatic carbocycles. The van der Waals surface area contributed by atoms with Gasteiger partial charge in [0.2, 0.25) is 12.0 Å². The van der Waals surface area contributed by atoms with Crippen LogP contribution in [-0.4, -0.2) is 123 Å². The third-order valence-electron chi connectivity index (χ3n) is 15.6. The van der Waals surface area contributed by atoms with Crippen LogP contribution in [0, 0.1) is 22.7 Å². The van der Waals surface area contributed by atoms with Crippen LogP contribution in [-0.2, 0) is 52.5 Å². The number of aliphatic hydroxyl groups is 3. The van der Waals surface area contributed by atoms with E-state index in [0.29, 0.717) is 16.7 Å². The maximum atomic E-state index is 15.5. The second-order valence-corrected chi connectivity index (χ2v) is 20.4. The largest absolute Gasteiger partial charge is 0.455 e. The van der Waals surface area contributed by atoms with Crippen molar-refractivity contribution >= 4 is 47.3 Å². The molecule has 0 radical (unpaired) electrons. The van der Waals surface area contributed by atoms with Crippen LogP contribution >= 0.6 is 0 Å². The number of Topliss-reactive ketones (excluding diaryl/α,β-unsaturated/α-hetero) is 2. The number of hydrogen-bond acceptors (Lipinski definition) is 16. The summed E-state index contributed by atoms with van der Waals surface area (Å²) in [6, 6.07) is 21.3. The Labute approximate surface area is 423 Å². The highest BCUT2D eigenvalue weighted by molar-refractivity contribution is 5.96. The van der Waals surface area contributed by atoms with Gasteiger partial charge in [-0.15, -0.1) is 0 Å². The van der Waals surface area contributed by atoms with Crippen LogP contribution in [0.25, 0.3) is 0 Å². The second kappa shape index (κ2) is 21.1. The van der Waals surface area contributed by atoms with Crippen LogP contribution < -0.4 is 10.6 Å². The van der Waals surface area contributed by atoms with Gasteiger partial charge in [0.1, 0.15) is 41.8 Å². The SMILES string of the molecule is CC(=O)O[C@@]12CO[C@@H]1C[C@H](O)[C@@]1(C)C(=O)[C@H](C)C3=C(C)[C@@H](OC(=O)[C@H](OC(=O)CCC(=O)N[C@@H](C(C)=O)C(C)O)[C@@H](NC(=O)c4ccccc4)c4ccccc4)C[C@@](O)([C@@H](OC(=O)c4ccccc4)[C@H]21)C3(C)C. The maximum absolute atomic E-state index is 15.5. The summed E-state index contributed by atoms with van der Waals surface area (Å²) in [6.07, 6.45) is -10.8. The average molecular weight is 1010 g/mol. The molecular weight excluding hydrogens is 945 g/mol. The smallest absolute Gasteiger partial charge is 0.350 e. The van der Waals surface area contributed by atoms with E-state index in [9.17, 15) is 44.1 Å². The molecule has 18 heteroatoms. The molecule has 2 saturated carbocycles. The molecule has 3 aliphatic carbocycles. The Kier molecular flexibility index (Phi) is 15.7. The number of aliphatic hydroxyl groups excluding tert-OH is 2. The van der Waals surface area contributed by atoms with E-state index < -0.39 is 149 Å². The molecule has 2 bridgehead atoms. The van der Waals surface area contributed by atoms with Crippen molar-refractivity contribution in [3.05, 3.63) is 119 Å². The molecule has 0 aromatic heterocycles. The molecular formula is C55H64N2O16. The number of ketones is 2. The highest BCUT2D eigenvalue weighted by atomic mass is 16.6. The summed E-state index contributed by atoms with van der Waals surface area (Å²) < 4.78 is 30.9. The minimum Gasteiger partial charge on any atom is -0.455 e. The average Bonchev–Trinajstić information content (AvgIpc) is 3.35. The fourth-order valence-electron chi connectivity index (χ4n) is 11.8. The van der Waals surface area contributed by atoms with Crippen LogP contribution in [0.15, 0.2) is 102 Å². The fourth-order valence-corrected chi connectivity index (χ4v) is 11.8. The van der Waals surface area contributed by atoms with Crippen LogP contribution in [0.2, 0.25) is 0 Å². The zero-order chi connectivity index (χ0) is 53.4. The topological polar surface area (TPSA) is 267 Å². The van der Waals surface area contributed by atoms with Gasteiger partial charge in [0.15, 0.2) is 11.4 Å². The van der Waals surface area contributed by atoms with Crippen molar-refractivity contribution in [2.24, 2.45) is 22.7 Å². The van der Waals surface area contributed by atoms with Gasteiger partial charge in [0.25, 0.3) is 5.91 Å². The van der Waals surface area contributed by atoms with E-state index in [0.717, 1.165) is 0 Å². The molecule has 73 heavy (non-hydrogen) atoms. The van der Waals surface area contributed by atoms with Gasteiger partial charge in [-0.1, -0.05) is 87.5 Å². The lowest BCUT2D eigenvalue weighted by atomic mass is 9.43. The Morgan fingerprint density at radius 2 is 1.42 bits per heavy atom. The summed E-state index contributed by atoms with van der Waals surface area (Å²) in [5.74, 6) is -9.09. The third kappa shape index (κ3) is 10.1. The number of amides is 2. The van der Waals surface area contributed by atoms with Crippen molar-refractivity contribution in [3.63, 3.8) is 0 Å². The van der Waals surface area contributed by atoms with Crippen molar-refractivity contribution in [1.82, 2.24) is 10.6 Å². The number of carbonyl (C=O) groups is 8. The minimum absolute atomic E-state index is 0.0747. The quantitative estimate of drug-likeness (QED) is 0.0764. The van der Waals surface area contributed by atoms with E-state index in [1.54, 1.807) is 94.4 Å². The lowest BCUT2D eigenvalue weighted by molar-refractivity contribution is -0.345.